The molecule has 2 aromatic carbocycles. The Hall–Kier alpha value is -3.86. The molecule has 0 fully saturated rings. The van der Waals surface area contributed by atoms with Gasteiger partial charge in [0.2, 0.25) is 0 Å². The summed E-state index contributed by atoms with van der Waals surface area (Å²) in [6, 6.07) is 7.60. The highest BCUT2D eigenvalue weighted by Gasteiger charge is 2.25. The van der Waals surface area contributed by atoms with Gasteiger partial charge in [0.15, 0.2) is 11.5 Å². The minimum atomic E-state index is -0.647. The Morgan fingerprint density at radius 3 is 2.50 bits per heavy atom. The summed E-state index contributed by atoms with van der Waals surface area (Å²) in [6.07, 6.45) is 0. The summed E-state index contributed by atoms with van der Waals surface area (Å²) in [5.41, 5.74) is 2.42. The van der Waals surface area contributed by atoms with Gasteiger partial charge in [0.05, 0.1) is 43.5 Å². The van der Waals surface area contributed by atoms with E-state index in [0.29, 0.717) is 22.8 Å². The fourth-order valence-corrected chi connectivity index (χ4v) is 3.45. The Labute approximate surface area is 187 Å². The zero-order valence-electron chi connectivity index (χ0n) is 17.6. The highest BCUT2D eigenvalue weighted by Crippen LogP contribution is 2.35. The molecule has 3 aromatic rings. The number of carbonyl (C=O) groups is 1. The second kappa shape index (κ2) is 10.4. The van der Waals surface area contributed by atoms with Crippen LogP contribution in [-0.2, 0) is 13.2 Å². The number of nitrogens with one attached hydrogen (secondary N) is 1. The summed E-state index contributed by atoms with van der Waals surface area (Å²) in [4.78, 5) is 27.9. The molecule has 1 heterocycles. The summed E-state index contributed by atoms with van der Waals surface area (Å²) in [5.74, 6) is 0.812. The van der Waals surface area contributed by atoms with Crippen LogP contribution in [0.3, 0.4) is 0 Å². The van der Waals surface area contributed by atoms with Gasteiger partial charge in [-0.15, -0.1) is 11.3 Å². The fourth-order valence-electron chi connectivity index (χ4n) is 2.91. The molecule has 32 heavy (non-hydrogen) atoms. The Morgan fingerprint density at radius 2 is 1.88 bits per heavy atom. The molecule has 10 nitrogen and oxygen atoms in total. The number of amides is 1. The van der Waals surface area contributed by atoms with Gasteiger partial charge in [-0.1, -0.05) is 0 Å². The van der Waals surface area contributed by atoms with E-state index < -0.39 is 16.5 Å². The topological polar surface area (TPSA) is 122 Å². The van der Waals surface area contributed by atoms with E-state index in [1.165, 1.54) is 44.8 Å². The van der Waals surface area contributed by atoms with Gasteiger partial charge in [0, 0.05) is 23.6 Å². The lowest BCUT2D eigenvalue weighted by molar-refractivity contribution is -0.385. The van der Waals surface area contributed by atoms with Crippen molar-refractivity contribution in [2.24, 2.45) is 0 Å². The van der Waals surface area contributed by atoms with Crippen LogP contribution in [0.25, 0.3) is 0 Å². The average molecular weight is 459 g/mol. The first-order chi connectivity index (χ1) is 15.5. The monoisotopic (exact) mass is 459 g/mol. The Balaban J connectivity index is 1.84. The van der Waals surface area contributed by atoms with E-state index in [1.807, 2.05) is 0 Å². The van der Waals surface area contributed by atoms with Crippen molar-refractivity contribution in [2.45, 2.75) is 13.2 Å². The van der Waals surface area contributed by atoms with Crippen molar-refractivity contribution in [2.75, 3.05) is 21.3 Å². The summed E-state index contributed by atoms with van der Waals surface area (Å²) in [5, 5.41) is 16.1. The summed E-state index contributed by atoms with van der Waals surface area (Å²) in [6.45, 7) is 0.180. The number of thiazole rings is 1. The maximum absolute atomic E-state index is 12.8. The molecule has 0 aliphatic carbocycles. The van der Waals surface area contributed by atoms with E-state index >= 15 is 0 Å². The standard InChI is InChI=1S/C21H21N3O7S/c1-28-15-4-5-18(29-2)13(6-15)9-22-21(25)16-7-19(30-3)20(8-17(16)24(26)27)31-10-14-11-32-12-23-14/h4-8,11-12H,9-10H2,1-3H3,(H,22,25). The second-order valence-corrected chi connectivity index (χ2v) is 7.12. The number of nitro benzene ring substituents is 1. The van der Waals surface area contributed by atoms with Gasteiger partial charge in [0.1, 0.15) is 23.7 Å². The van der Waals surface area contributed by atoms with Crippen molar-refractivity contribution in [1.82, 2.24) is 10.3 Å². The molecule has 0 bridgehead atoms. The van der Waals surface area contributed by atoms with Crippen LogP contribution in [0.1, 0.15) is 21.6 Å². The van der Waals surface area contributed by atoms with Gasteiger partial charge in [-0.05, 0) is 18.2 Å². The summed E-state index contributed by atoms with van der Waals surface area (Å²) >= 11 is 1.41. The van der Waals surface area contributed by atoms with Gasteiger partial charge in [-0.3, -0.25) is 14.9 Å². The van der Waals surface area contributed by atoms with Crippen LogP contribution in [0, 0.1) is 10.1 Å². The summed E-state index contributed by atoms with van der Waals surface area (Å²) < 4.78 is 21.4. The Morgan fingerprint density at radius 1 is 1.09 bits per heavy atom. The maximum atomic E-state index is 12.8. The number of aromatic nitrogens is 1. The lowest BCUT2D eigenvalue weighted by Gasteiger charge is -2.14. The number of nitro groups is 1. The maximum Gasteiger partial charge on any atom is 0.286 e. The molecule has 0 saturated heterocycles. The molecule has 11 heteroatoms. The van der Waals surface area contributed by atoms with Crippen molar-refractivity contribution < 1.29 is 28.7 Å². The van der Waals surface area contributed by atoms with E-state index in [-0.39, 0.29) is 30.2 Å². The van der Waals surface area contributed by atoms with Crippen molar-refractivity contribution >= 4 is 22.9 Å². The Kier molecular flexibility index (Phi) is 7.45. The largest absolute Gasteiger partial charge is 0.497 e. The normalized spacial score (nSPS) is 10.3. The molecule has 3 rings (SSSR count). The second-order valence-electron chi connectivity index (χ2n) is 6.41. The van der Waals surface area contributed by atoms with Crippen molar-refractivity contribution in [1.29, 1.82) is 0 Å². The van der Waals surface area contributed by atoms with Crippen LogP contribution in [0.4, 0.5) is 5.69 Å². The number of benzene rings is 2. The molecule has 0 radical (unpaired) electrons. The number of rotatable bonds is 10. The SMILES string of the molecule is COc1ccc(OC)c(CNC(=O)c2cc(OC)c(OCc3cscn3)cc2[N+](=O)[O-])c1. The zero-order chi connectivity index (χ0) is 23.1. The predicted molar refractivity (Wildman–Crippen MR) is 117 cm³/mol. The number of hydrogen-bond donors (Lipinski definition) is 1. The predicted octanol–water partition coefficient (Wildman–Crippen LogP) is 3.59. The smallest absolute Gasteiger partial charge is 0.286 e. The highest BCUT2D eigenvalue weighted by molar-refractivity contribution is 7.07. The molecule has 0 saturated carbocycles. The molecule has 0 aliphatic heterocycles. The third kappa shape index (κ3) is 5.24. The van der Waals surface area contributed by atoms with Gasteiger partial charge in [0.25, 0.3) is 11.6 Å². The number of carbonyl (C=O) groups excluding carboxylic acids is 1. The van der Waals surface area contributed by atoms with Gasteiger partial charge < -0.3 is 24.3 Å². The lowest BCUT2D eigenvalue weighted by atomic mass is 10.1. The highest BCUT2D eigenvalue weighted by atomic mass is 32.1. The molecule has 168 valence electrons. The number of ether oxygens (including phenoxy) is 4. The number of hydrogen-bond acceptors (Lipinski definition) is 9. The first-order valence-corrected chi connectivity index (χ1v) is 10.3. The van der Waals surface area contributed by atoms with E-state index in [9.17, 15) is 14.9 Å². The third-order valence-electron chi connectivity index (χ3n) is 4.51. The van der Waals surface area contributed by atoms with Crippen LogP contribution in [0.2, 0.25) is 0 Å². The number of methoxy groups -OCH3 is 3. The molecule has 0 spiro atoms. The van der Waals surface area contributed by atoms with E-state index in [1.54, 1.807) is 29.1 Å². The minimum absolute atomic E-state index is 0.0702. The molecule has 1 aromatic heterocycles. The van der Waals surface area contributed by atoms with Crippen LogP contribution < -0.4 is 24.3 Å². The van der Waals surface area contributed by atoms with Gasteiger partial charge in [-0.25, -0.2) is 4.98 Å². The lowest BCUT2D eigenvalue weighted by Crippen LogP contribution is -2.24. The average Bonchev–Trinajstić information content (AvgIpc) is 3.33. The van der Waals surface area contributed by atoms with E-state index in [4.69, 9.17) is 18.9 Å². The molecular weight excluding hydrogens is 438 g/mol. The van der Waals surface area contributed by atoms with Gasteiger partial charge >= 0.3 is 0 Å². The third-order valence-corrected chi connectivity index (χ3v) is 5.14. The van der Waals surface area contributed by atoms with Gasteiger partial charge in [-0.2, -0.15) is 0 Å². The number of nitrogens with zero attached hydrogens (tertiary/aromatic N) is 2. The first kappa shape index (κ1) is 22.8. The van der Waals surface area contributed by atoms with E-state index in [2.05, 4.69) is 10.3 Å². The first-order valence-electron chi connectivity index (χ1n) is 9.32. The molecule has 0 atom stereocenters. The van der Waals surface area contributed by atoms with Crippen LogP contribution in [0.15, 0.2) is 41.2 Å². The molecule has 0 unspecified atom stereocenters. The van der Waals surface area contributed by atoms with Crippen LogP contribution in [-0.4, -0.2) is 37.1 Å². The molecule has 0 aliphatic rings. The summed E-state index contributed by atoms with van der Waals surface area (Å²) in [7, 11) is 4.42. The van der Waals surface area contributed by atoms with Crippen molar-refractivity contribution in [3.8, 4) is 23.0 Å². The minimum Gasteiger partial charge on any atom is -0.497 e. The molecular formula is C21H21N3O7S. The van der Waals surface area contributed by atoms with Crippen LogP contribution in [0.5, 0.6) is 23.0 Å². The van der Waals surface area contributed by atoms with Crippen LogP contribution >= 0.6 is 11.3 Å². The zero-order valence-corrected chi connectivity index (χ0v) is 18.4. The quantitative estimate of drug-likeness (QED) is 0.361. The van der Waals surface area contributed by atoms with Crippen molar-refractivity contribution in [3.05, 3.63) is 68.2 Å². The Bertz CT molecular complexity index is 1100. The molecule has 1 N–H and O–H groups in total. The molecule has 1 amide bonds. The van der Waals surface area contributed by atoms with E-state index in [0.717, 1.165) is 0 Å². The fraction of sp³-hybridized carbons (Fsp3) is 0.238. The van der Waals surface area contributed by atoms with Crippen molar-refractivity contribution in [3.63, 3.8) is 0 Å².